The number of hydrogen-bond acceptors (Lipinski definition) is 3. The average Bonchev–Trinajstić information content (AvgIpc) is 2.95. The van der Waals surface area contributed by atoms with Gasteiger partial charge in [-0.15, -0.1) is 0 Å². The number of carbonyl (C=O) groups excluding carboxylic acids is 1. The number of para-hydroxylation sites is 1. The van der Waals surface area contributed by atoms with Crippen molar-refractivity contribution in [1.82, 2.24) is 0 Å². The summed E-state index contributed by atoms with van der Waals surface area (Å²) in [5.41, 5.74) is 2.22. The summed E-state index contributed by atoms with van der Waals surface area (Å²) in [4.78, 5) is 12.2. The molecule has 1 amide bonds. The van der Waals surface area contributed by atoms with E-state index in [1.807, 2.05) is 30.3 Å². The molecule has 1 N–H and O–H groups in total. The maximum Gasteiger partial charge on any atom is 0.291 e. The molecule has 1 heterocycles. The van der Waals surface area contributed by atoms with Crippen molar-refractivity contribution in [2.75, 3.05) is 5.32 Å². The van der Waals surface area contributed by atoms with Gasteiger partial charge in [0.1, 0.15) is 5.58 Å². The molecule has 0 saturated heterocycles. The van der Waals surface area contributed by atoms with Crippen molar-refractivity contribution >= 4 is 38.5 Å². The standard InChI is InChI=1S/C17H11BrN2O2/c18-14-3-1-2-12-10-15(22-16(12)14)17(21)20-13-6-4-11(5-7-13)8-9-19/h1-7,10H,8H2,(H,20,21). The highest BCUT2D eigenvalue weighted by molar-refractivity contribution is 9.10. The summed E-state index contributed by atoms with van der Waals surface area (Å²) in [7, 11) is 0. The van der Waals surface area contributed by atoms with Gasteiger partial charge < -0.3 is 9.73 Å². The number of carbonyl (C=O) groups is 1. The molecule has 3 aromatic rings. The van der Waals surface area contributed by atoms with E-state index in [4.69, 9.17) is 9.68 Å². The third-order valence-electron chi connectivity index (χ3n) is 3.21. The van der Waals surface area contributed by atoms with Crippen LogP contribution in [0.3, 0.4) is 0 Å². The Kier molecular flexibility index (Phi) is 3.94. The highest BCUT2D eigenvalue weighted by Crippen LogP contribution is 2.27. The van der Waals surface area contributed by atoms with Crippen LogP contribution in [0.4, 0.5) is 5.69 Å². The largest absolute Gasteiger partial charge is 0.450 e. The van der Waals surface area contributed by atoms with Crippen molar-refractivity contribution in [2.24, 2.45) is 0 Å². The molecule has 4 nitrogen and oxygen atoms in total. The van der Waals surface area contributed by atoms with Gasteiger partial charge in [0.2, 0.25) is 0 Å². The minimum absolute atomic E-state index is 0.253. The molecule has 2 aromatic carbocycles. The fraction of sp³-hybridized carbons (Fsp3) is 0.0588. The molecular formula is C17H11BrN2O2. The molecule has 0 aliphatic carbocycles. The minimum atomic E-state index is -0.309. The van der Waals surface area contributed by atoms with Gasteiger partial charge in [-0.25, -0.2) is 0 Å². The number of anilines is 1. The van der Waals surface area contributed by atoms with E-state index in [0.29, 0.717) is 17.7 Å². The Morgan fingerprint density at radius 2 is 2.00 bits per heavy atom. The average molecular weight is 355 g/mol. The number of benzene rings is 2. The van der Waals surface area contributed by atoms with Crippen LogP contribution in [0.2, 0.25) is 0 Å². The summed E-state index contributed by atoms with van der Waals surface area (Å²) in [5, 5.41) is 12.3. The third-order valence-corrected chi connectivity index (χ3v) is 3.84. The second-order valence-electron chi connectivity index (χ2n) is 4.75. The summed E-state index contributed by atoms with van der Waals surface area (Å²) in [5.74, 6) is -0.0564. The lowest BCUT2D eigenvalue weighted by molar-refractivity contribution is 0.0998. The predicted octanol–water partition coefficient (Wildman–Crippen LogP) is 4.51. The summed E-state index contributed by atoms with van der Waals surface area (Å²) in [6.45, 7) is 0. The van der Waals surface area contributed by atoms with Crippen LogP contribution in [0, 0.1) is 11.3 Å². The van der Waals surface area contributed by atoms with Crippen molar-refractivity contribution in [3.8, 4) is 6.07 Å². The third kappa shape index (κ3) is 2.87. The molecule has 0 radical (unpaired) electrons. The van der Waals surface area contributed by atoms with Crippen molar-refractivity contribution in [3.63, 3.8) is 0 Å². The molecule has 0 aliphatic heterocycles. The van der Waals surface area contributed by atoms with Crippen LogP contribution in [0.1, 0.15) is 16.1 Å². The molecule has 0 unspecified atom stereocenters. The zero-order chi connectivity index (χ0) is 15.5. The molecule has 0 bridgehead atoms. The van der Waals surface area contributed by atoms with E-state index in [1.54, 1.807) is 18.2 Å². The first-order valence-electron chi connectivity index (χ1n) is 6.62. The van der Waals surface area contributed by atoms with E-state index in [0.717, 1.165) is 15.4 Å². The number of nitrogens with one attached hydrogen (secondary N) is 1. The number of fused-ring (bicyclic) bond motifs is 1. The van der Waals surface area contributed by atoms with E-state index < -0.39 is 0 Å². The SMILES string of the molecule is N#CCc1ccc(NC(=O)c2cc3cccc(Br)c3o2)cc1. The van der Waals surface area contributed by atoms with Crippen LogP contribution < -0.4 is 5.32 Å². The number of furan rings is 1. The Balaban J connectivity index is 1.81. The number of nitrogens with zero attached hydrogens (tertiary/aromatic N) is 1. The molecule has 3 rings (SSSR count). The van der Waals surface area contributed by atoms with Crippen LogP contribution in [0.5, 0.6) is 0 Å². The van der Waals surface area contributed by atoms with E-state index in [9.17, 15) is 4.79 Å². The fourth-order valence-electron chi connectivity index (χ4n) is 2.13. The molecule has 0 fully saturated rings. The molecule has 5 heteroatoms. The highest BCUT2D eigenvalue weighted by Gasteiger charge is 2.13. The quantitative estimate of drug-likeness (QED) is 0.752. The fourth-order valence-corrected chi connectivity index (χ4v) is 2.59. The summed E-state index contributed by atoms with van der Waals surface area (Å²) in [6, 6.07) is 16.6. The lowest BCUT2D eigenvalue weighted by Crippen LogP contribution is -2.10. The van der Waals surface area contributed by atoms with Crippen molar-refractivity contribution in [1.29, 1.82) is 5.26 Å². The Labute approximate surface area is 135 Å². The minimum Gasteiger partial charge on any atom is -0.450 e. The van der Waals surface area contributed by atoms with Crippen LogP contribution >= 0.6 is 15.9 Å². The van der Waals surface area contributed by atoms with Gasteiger partial charge in [0.05, 0.1) is 17.0 Å². The van der Waals surface area contributed by atoms with E-state index >= 15 is 0 Å². The molecule has 0 saturated carbocycles. The van der Waals surface area contributed by atoms with Gasteiger partial charge in [0.25, 0.3) is 5.91 Å². The molecule has 0 aliphatic rings. The van der Waals surface area contributed by atoms with Crippen LogP contribution in [0.15, 0.2) is 57.4 Å². The van der Waals surface area contributed by atoms with E-state index in [1.165, 1.54) is 0 Å². The van der Waals surface area contributed by atoms with Gasteiger partial charge in [0, 0.05) is 11.1 Å². The predicted molar refractivity (Wildman–Crippen MR) is 87.6 cm³/mol. The van der Waals surface area contributed by atoms with Gasteiger partial charge in [-0.2, -0.15) is 5.26 Å². The Morgan fingerprint density at radius 1 is 1.23 bits per heavy atom. The molecule has 1 aromatic heterocycles. The van der Waals surface area contributed by atoms with Crippen molar-refractivity contribution in [3.05, 3.63) is 64.3 Å². The van der Waals surface area contributed by atoms with Crippen LogP contribution in [-0.2, 0) is 6.42 Å². The van der Waals surface area contributed by atoms with Crippen LogP contribution in [-0.4, -0.2) is 5.91 Å². The van der Waals surface area contributed by atoms with Gasteiger partial charge in [0.15, 0.2) is 5.76 Å². The Bertz CT molecular complexity index is 876. The molecule has 22 heavy (non-hydrogen) atoms. The van der Waals surface area contributed by atoms with Crippen molar-refractivity contribution in [2.45, 2.75) is 6.42 Å². The summed E-state index contributed by atoms with van der Waals surface area (Å²) in [6.07, 6.45) is 0.353. The number of amides is 1. The number of hydrogen-bond donors (Lipinski definition) is 1. The van der Waals surface area contributed by atoms with Gasteiger partial charge in [-0.05, 0) is 45.8 Å². The first-order chi connectivity index (χ1) is 10.7. The maximum absolute atomic E-state index is 12.2. The van der Waals surface area contributed by atoms with Gasteiger partial charge >= 0.3 is 0 Å². The first kappa shape index (κ1) is 14.4. The van der Waals surface area contributed by atoms with E-state index in [2.05, 4.69) is 27.3 Å². The number of nitriles is 1. The Morgan fingerprint density at radius 3 is 2.68 bits per heavy atom. The molecule has 0 atom stereocenters. The molecule has 0 spiro atoms. The zero-order valence-electron chi connectivity index (χ0n) is 11.5. The van der Waals surface area contributed by atoms with Gasteiger partial charge in [-0.3, -0.25) is 4.79 Å². The lowest BCUT2D eigenvalue weighted by atomic mass is 10.1. The maximum atomic E-state index is 12.2. The topological polar surface area (TPSA) is 66.0 Å². The smallest absolute Gasteiger partial charge is 0.291 e. The molecule has 108 valence electrons. The van der Waals surface area contributed by atoms with E-state index in [-0.39, 0.29) is 11.7 Å². The van der Waals surface area contributed by atoms with Crippen LogP contribution in [0.25, 0.3) is 11.0 Å². The normalized spacial score (nSPS) is 10.4. The first-order valence-corrected chi connectivity index (χ1v) is 7.42. The number of rotatable bonds is 3. The van der Waals surface area contributed by atoms with Crippen molar-refractivity contribution < 1.29 is 9.21 Å². The lowest BCUT2D eigenvalue weighted by Gasteiger charge is -2.03. The Hall–Kier alpha value is -2.58. The second-order valence-corrected chi connectivity index (χ2v) is 5.61. The van der Waals surface area contributed by atoms with Gasteiger partial charge in [-0.1, -0.05) is 24.3 Å². The summed E-state index contributed by atoms with van der Waals surface area (Å²) < 4.78 is 6.40. The zero-order valence-corrected chi connectivity index (χ0v) is 13.1. The number of halogens is 1. The second kappa shape index (κ2) is 6.04. The highest BCUT2D eigenvalue weighted by atomic mass is 79.9. The molecular weight excluding hydrogens is 344 g/mol. The monoisotopic (exact) mass is 354 g/mol. The summed E-state index contributed by atoms with van der Waals surface area (Å²) >= 11 is 3.40.